The number of fused-ring (bicyclic) bond motifs is 1. The number of likely N-dealkylation sites (tertiary alicyclic amines) is 1. The largest absolute Gasteiger partial charge is 0.486 e. The van der Waals surface area contributed by atoms with Crippen molar-refractivity contribution in [3.05, 3.63) is 57.6 Å². The number of hydrogen-bond donors (Lipinski definition) is 0. The van der Waals surface area contributed by atoms with Crippen LogP contribution in [-0.4, -0.2) is 30.6 Å². The molecule has 1 saturated heterocycles. The van der Waals surface area contributed by atoms with Crippen molar-refractivity contribution in [2.24, 2.45) is 0 Å². The van der Waals surface area contributed by atoms with E-state index in [0.717, 1.165) is 29.9 Å². The zero-order valence-electron chi connectivity index (χ0n) is 13.5. The molecule has 130 valence electrons. The Balaban J connectivity index is 1.63. The van der Waals surface area contributed by atoms with Gasteiger partial charge in [0, 0.05) is 11.6 Å². The molecule has 0 aromatic heterocycles. The number of carbonyl (C=O) groups is 1. The Kier molecular flexibility index (Phi) is 4.48. The monoisotopic (exact) mass is 377 g/mol. The minimum Gasteiger partial charge on any atom is -0.486 e. The lowest BCUT2D eigenvalue weighted by Crippen LogP contribution is -2.30. The number of benzene rings is 2. The second-order valence-electron chi connectivity index (χ2n) is 6.18. The lowest BCUT2D eigenvalue weighted by atomic mass is 10.0. The molecule has 0 bridgehead atoms. The molecule has 2 heterocycles. The van der Waals surface area contributed by atoms with E-state index in [2.05, 4.69) is 0 Å². The number of carbonyl (C=O) groups excluding carboxylic acids is 1. The van der Waals surface area contributed by atoms with Crippen LogP contribution in [0.15, 0.2) is 36.4 Å². The van der Waals surface area contributed by atoms with Gasteiger partial charge in [0.05, 0.1) is 16.6 Å². The fraction of sp³-hybridized carbons (Fsp3) is 0.316. The fourth-order valence-corrected chi connectivity index (χ4v) is 3.93. The average Bonchev–Trinajstić information content (AvgIpc) is 3.10. The van der Waals surface area contributed by atoms with Crippen LogP contribution in [0, 0.1) is 0 Å². The maximum Gasteiger partial charge on any atom is 0.255 e. The van der Waals surface area contributed by atoms with Crippen molar-refractivity contribution in [3.63, 3.8) is 0 Å². The average molecular weight is 378 g/mol. The lowest BCUT2D eigenvalue weighted by Gasteiger charge is -2.27. The molecule has 0 N–H and O–H groups in total. The number of nitrogens with zero attached hydrogens (tertiary/aromatic N) is 1. The van der Waals surface area contributed by atoms with Crippen LogP contribution in [-0.2, 0) is 0 Å². The number of rotatable bonds is 2. The number of amides is 1. The summed E-state index contributed by atoms with van der Waals surface area (Å²) in [6.45, 7) is 1.82. The van der Waals surface area contributed by atoms with E-state index in [1.807, 2.05) is 23.1 Å². The van der Waals surface area contributed by atoms with Crippen LogP contribution in [0.5, 0.6) is 11.5 Å². The lowest BCUT2D eigenvalue weighted by molar-refractivity contribution is 0.0735. The topological polar surface area (TPSA) is 38.8 Å². The first-order valence-electron chi connectivity index (χ1n) is 8.29. The van der Waals surface area contributed by atoms with E-state index in [1.54, 1.807) is 18.2 Å². The molecule has 0 spiro atoms. The van der Waals surface area contributed by atoms with E-state index in [-0.39, 0.29) is 11.9 Å². The van der Waals surface area contributed by atoms with Gasteiger partial charge >= 0.3 is 0 Å². The number of hydrogen-bond acceptors (Lipinski definition) is 3. The summed E-state index contributed by atoms with van der Waals surface area (Å²) < 4.78 is 11.2. The first-order chi connectivity index (χ1) is 12.1. The van der Waals surface area contributed by atoms with Crippen molar-refractivity contribution in [3.8, 4) is 11.5 Å². The Hall–Kier alpha value is -1.91. The summed E-state index contributed by atoms with van der Waals surface area (Å²) in [4.78, 5) is 14.9. The standard InChI is InChI=1S/C19H17Cl2NO3/c20-13-4-5-14(15(21)11-13)19(23)22-7-1-2-16(22)12-3-6-17-18(10-12)25-9-8-24-17/h3-6,10-11,16H,1-2,7-9H2. The highest BCUT2D eigenvalue weighted by Gasteiger charge is 2.32. The normalized spacial score (nSPS) is 19.1. The summed E-state index contributed by atoms with van der Waals surface area (Å²) in [5.41, 5.74) is 1.54. The van der Waals surface area contributed by atoms with Gasteiger partial charge in [-0.25, -0.2) is 0 Å². The molecule has 2 aromatic carbocycles. The van der Waals surface area contributed by atoms with E-state index in [1.165, 1.54) is 0 Å². The molecule has 1 unspecified atom stereocenters. The van der Waals surface area contributed by atoms with Gasteiger partial charge in [-0.3, -0.25) is 4.79 Å². The van der Waals surface area contributed by atoms with Gasteiger partial charge in [0.25, 0.3) is 5.91 Å². The zero-order chi connectivity index (χ0) is 17.4. The molecule has 0 radical (unpaired) electrons. The second-order valence-corrected chi connectivity index (χ2v) is 7.03. The Morgan fingerprint density at radius 3 is 2.64 bits per heavy atom. The molecule has 0 aliphatic carbocycles. The first-order valence-corrected chi connectivity index (χ1v) is 9.04. The molecule has 2 aliphatic heterocycles. The van der Waals surface area contributed by atoms with Crippen LogP contribution in [0.2, 0.25) is 10.0 Å². The molecule has 2 aromatic rings. The van der Waals surface area contributed by atoms with Gasteiger partial charge < -0.3 is 14.4 Å². The summed E-state index contributed by atoms with van der Waals surface area (Å²) in [7, 11) is 0. The maximum absolute atomic E-state index is 13.0. The minimum atomic E-state index is -0.0703. The predicted octanol–water partition coefficient (Wildman–Crippen LogP) is 4.74. The molecule has 6 heteroatoms. The Labute approximate surface area is 156 Å². The summed E-state index contributed by atoms with van der Waals surface area (Å²) in [6.07, 6.45) is 1.87. The zero-order valence-corrected chi connectivity index (χ0v) is 15.0. The minimum absolute atomic E-state index is 0.00933. The summed E-state index contributed by atoms with van der Waals surface area (Å²) >= 11 is 12.2. The molecule has 4 nitrogen and oxygen atoms in total. The molecule has 1 amide bonds. The van der Waals surface area contributed by atoms with Crippen molar-refractivity contribution in [1.29, 1.82) is 0 Å². The van der Waals surface area contributed by atoms with E-state index in [9.17, 15) is 4.79 Å². The third kappa shape index (κ3) is 3.16. The first kappa shape index (κ1) is 16.6. The van der Waals surface area contributed by atoms with E-state index in [4.69, 9.17) is 32.7 Å². The molecule has 4 rings (SSSR count). The summed E-state index contributed by atoms with van der Waals surface area (Å²) in [5, 5.41) is 0.900. The maximum atomic E-state index is 13.0. The van der Waals surface area contributed by atoms with Gasteiger partial charge in [-0.05, 0) is 48.7 Å². The van der Waals surface area contributed by atoms with E-state index >= 15 is 0 Å². The molecule has 2 aliphatic rings. The van der Waals surface area contributed by atoms with Gasteiger partial charge in [-0.2, -0.15) is 0 Å². The molecule has 0 saturated carbocycles. The highest BCUT2D eigenvalue weighted by atomic mass is 35.5. The third-order valence-corrected chi connectivity index (χ3v) is 5.17. The van der Waals surface area contributed by atoms with Crippen LogP contribution in [0.1, 0.15) is 34.8 Å². The van der Waals surface area contributed by atoms with Crippen molar-refractivity contribution in [1.82, 2.24) is 4.90 Å². The molecular formula is C19H17Cl2NO3. The van der Waals surface area contributed by atoms with Gasteiger partial charge in [0.1, 0.15) is 13.2 Å². The number of halogens is 2. The number of ether oxygens (including phenoxy) is 2. The van der Waals surface area contributed by atoms with Crippen LogP contribution in [0.4, 0.5) is 0 Å². The van der Waals surface area contributed by atoms with Gasteiger partial charge in [0.15, 0.2) is 11.5 Å². The Morgan fingerprint density at radius 1 is 1.04 bits per heavy atom. The van der Waals surface area contributed by atoms with Crippen molar-refractivity contribution in [2.45, 2.75) is 18.9 Å². The highest BCUT2D eigenvalue weighted by Crippen LogP contribution is 2.39. The Morgan fingerprint density at radius 2 is 1.84 bits per heavy atom. The smallest absolute Gasteiger partial charge is 0.255 e. The van der Waals surface area contributed by atoms with Gasteiger partial charge in [-0.15, -0.1) is 0 Å². The van der Waals surface area contributed by atoms with Crippen LogP contribution in [0.3, 0.4) is 0 Å². The second kappa shape index (κ2) is 6.77. The SMILES string of the molecule is O=C(c1ccc(Cl)cc1Cl)N1CCCC1c1ccc2c(c1)OCCO2. The van der Waals surface area contributed by atoms with Crippen LogP contribution in [0.25, 0.3) is 0 Å². The fourth-order valence-electron chi connectivity index (χ4n) is 3.44. The van der Waals surface area contributed by atoms with E-state index in [0.29, 0.717) is 35.4 Å². The molecule has 1 fully saturated rings. The molecule has 25 heavy (non-hydrogen) atoms. The highest BCUT2D eigenvalue weighted by molar-refractivity contribution is 6.36. The summed E-state index contributed by atoms with van der Waals surface area (Å²) in [5.74, 6) is 1.43. The van der Waals surface area contributed by atoms with Crippen LogP contribution < -0.4 is 9.47 Å². The van der Waals surface area contributed by atoms with Gasteiger partial charge in [0.2, 0.25) is 0 Å². The summed E-state index contributed by atoms with van der Waals surface area (Å²) in [6, 6.07) is 10.9. The molecule has 1 atom stereocenters. The van der Waals surface area contributed by atoms with Crippen molar-refractivity contribution >= 4 is 29.1 Å². The van der Waals surface area contributed by atoms with Crippen molar-refractivity contribution in [2.75, 3.05) is 19.8 Å². The third-order valence-electron chi connectivity index (χ3n) is 4.63. The molecular weight excluding hydrogens is 361 g/mol. The van der Waals surface area contributed by atoms with Crippen molar-refractivity contribution < 1.29 is 14.3 Å². The predicted molar refractivity (Wildman–Crippen MR) is 96.9 cm³/mol. The van der Waals surface area contributed by atoms with Gasteiger partial charge in [-0.1, -0.05) is 29.3 Å². The van der Waals surface area contributed by atoms with Crippen LogP contribution >= 0.6 is 23.2 Å². The quantitative estimate of drug-likeness (QED) is 0.758. The Bertz CT molecular complexity index is 824. The van der Waals surface area contributed by atoms with E-state index < -0.39 is 0 Å².